The summed E-state index contributed by atoms with van der Waals surface area (Å²) in [7, 11) is 0. The van der Waals surface area contributed by atoms with E-state index in [2.05, 4.69) is 0 Å². The van der Waals surface area contributed by atoms with E-state index in [0.29, 0.717) is 5.69 Å². The number of benzene rings is 2. The van der Waals surface area contributed by atoms with Crippen molar-refractivity contribution in [2.75, 3.05) is 5.73 Å². The molecular formula is C15H15NO. The zero-order valence-corrected chi connectivity index (χ0v) is 9.76. The highest BCUT2D eigenvalue weighted by atomic mass is 16.1. The molecule has 0 saturated heterocycles. The zero-order chi connectivity index (χ0) is 12.3. The molecule has 0 heterocycles. The van der Waals surface area contributed by atoms with E-state index in [-0.39, 0.29) is 11.7 Å². The van der Waals surface area contributed by atoms with Gasteiger partial charge in [0.1, 0.15) is 0 Å². The highest BCUT2D eigenvalue weighted by Crippen LogP contribution is 2.21. The minimum Gasteiger partial charge on any atom is -0.399 e. The molecule has 0 aliphatic rings. The monoisotopic (exact) mass is 225 g/mol. The third-order valence-corrected chi connectivity index (χ3v) is 2.89. The number of rotatable bonds is 3. The van der Waals surface area contributed by atoms with Crippen molar-refractivity contribution in [3.63, 3.8) is 0 Å². The van der Waals surface area contributed by atoms with Crippen LogP contribution in [0.5, 0.6) is 0 Å². The fourth-order valence-corrected chi connectivity index (χ4v) is 1.79. The Hall–Kier alpha value is -2.09. The van der Waals surface area contributed by atoms with Crippen molar-refractivity contribution >= 4 is 11.5 Å². The van der Waals surface area contributed by atoms with Crippen molar-refractivity contribution < 1.29 is 4.79 Å². The number of Topliss-reactive ketones (excluding diaryl/α,β-unsaturated/α-hetero) is 1. The lowest BCUT2D eigenvalue weighted by molar-refractivity contribution is 0.0966. The maximum absolute atomic E-state index is 12.2. The van der Waals surface area contributed by atoms with Crippen molar-refractivity contribution in [3.05, 3.63) is 65.7 Å². The normalized spacial score (nSPS) is 12.1. The molecule has 0 fully saturated rings. The third-order valence-electron chi connectivity index (χ3n) is 2.89. The first-order chi connectivity index (χ1) is 8.18. The van der Waals surface area contributed by atoms with Gasteiger partial charge in [0.05, 0.1) is 0 Å². The number of hydrogen-bond donors (Lipinski definition) is 1. The number of nitrogen functional groups attached to an aromatic ring is 1. The van der Waals surface area contributed by atoms with Gasteiger partial charge in [-0.2, -0.15) is 0 Å². The van der Waals surface area contributed by atoms with Gasteiger partial charge in [-0.1, -0.05) is 49.4 Å². The van der Waals surface area contributed by atoms with Crippen LogP contribution in [0.1, 0.15) is 28.8 Å². The van der Waals surface area contributed by atoms with Crippen molar-refractivity contribution in [2.24, 2.45) is 0 Å². The molecule has 1 atom stereocenters. The van der Waals surface area contributed by atoms with Crippen LogP contribution in [0, 0.1) is 0 Å². The summed E-state index contributed by atoms with van der Waals surface area (Å²) in [5.41, 5.74) is 8.09. The summed E-state index contributed by atoms with van der Waals surface area (Å²) in [6.07, 6.45) is 0. The molecule has 86 valence electrons. The average Bonchev–Trinajstić information content (AvgIpc) is 2.39. The van der Waals surface area contributed by atoms with Gasteiger partial charge in [0.25, 0.3) is 0 Å². The van der Waals surface area contributed by atoms with Gasteiger partial charge in [0, 0.05) is 17.2 Å². The highest BCUT2D eigenvalue weighted by Gasteiger charge is 2.16. The van der Waals surface area contributed by atoms with E-state index in [1.807, 2.05) is 61.5 Å². The predicted octanol–water partition coefficient (Wildman–Crippen LogP) is 3.26. The SMILES string of the molecule is CC(C(=O)c1ccccc1)c1ccc(N)cc1. The number of nitrogens with two attached hydrogens (primary N) is 1. The Kier molecular flexibility index (Phi) is 3.24. The second-order valence-electron chi connectivity index (χ2n) is 4.12. The van der Waals surface area contributed by atoms with Crippen molar-refractivity contribution in [1.29, 1.82) is 0 Å². The van der Waals surface area contributed by atoms with Crippen molar-refractivity contribution in [1.82, 2.24) is 0 Å². The summed E-state index contributed by atoms with van der Waals surface area (Å²) < 4.78 is 0. The number of carbonyl (C=O) groups is 1. The minimum absolute atomic E-state index is 0.135. The van der Waals surface area contributed by atoms with Crippen LogP contribution in [0.2, 0.25) is 0 Å². The summed E-state index contributed by atoms with van der Waals surface area (Å²) in [4.78, 5) is 12.2. The Labute approximate surface area is 101 Å². The first kappa shape index (κ1) is 11.4. The maximum atomic E-state index is 12.2. The number of anilines is 1. The van der Waals surface area contributed by atoms with E-state index >= 15 is 0 Å². The molecule has 2 heteroatoms. The quantitative estimate of drug-likeness (QED) is 0.643. The molecule has 0 radical (unpaired) electrons. The van der Waals surface area contributed by atoms with Crippen molar-refractivity contribution in [2.45, 2.75) is 12.8 Å². The van der Waals surface area contributed by atoms with Crippen LogP contribution in [-0.2, 0) is 0 Å². The van der Waals surface area contributed by atoms with E-state index < -0.39 is 0 Å². The largest absolute Gasteiger partial charge is 0.399 e. The molecule has 0 spiro atoms. The lowest BCUT2D eigenvalue weighted by atomic mass is 9.92. The van der Waals surface area contributed by atoms with E-state index in [1.54, 1.807) is 0 Å². The molecule has 0 aromatic heterocycles. The molecule has 2 rings (SSSR count). The molecule has 0 bridgehead atoms. The summed E-state index contributed by atoms with van der Waals surface area (Å²) >= 11 is 0. The van der Waals surface area contributed by atoms with Gasteiger partial charge >= 0.3 is 0 Å². The minimum atomic E-state index is -0.141. The molecule has 2 nitrogen and oxygen atoms in total. The van der Waals surface area contributed by atoms with Crippen LogP contribution in [0.25, 0.3) is 0 Å². The first-order valence-corrected chi connectivity index (χ1v) is 5.63. The van der Waals surface area contributed by atoms with Crippen LogP contribution in [0.15, 0.2) is 54.6 Å². The Morgan fingerprint density at radius 3 is 2.18 bits per heavy atom. The number of ketones is 1. The molecule has 2 N–H and O–H groups in total. The molecule has 1 unspecified atom stereocenters. The van der Waals surface area contributed by atoms with Gasteiger partial charge in [-0.15, -0.1) is 0 Å². The van der Waals surface area contributed by atoms with Gasteiger partial charge in [-0.05, 0) is 17.7 Å². The fraction of sp³-hybridized carbons (Fsp3) is 0.133. The van der Waals surface area contributed by atoms with Crippen LogP contribution >= 0.6 is 0 Å². The van der Waals surface area contributed by atoms with E-state index in [1.165, 1.54) is 0 Å². The van der Waals surface area contributed by atoms with E-state index in [9.17, 15) is 4.79 Å². The lowest BCUT2D eigenvalue weighted by Gasteiger charge is -2.11. The van der Waals surface area contributed by atoms with Gasteiger partial charge in [-0.25, -0.2) is 0 Å². The fourth-order valence-electron chi connectivity index (χ4n) is 1.79. The van der Waals surface area contributed by atoms with E-state index in [4.69, 9.17) is 5.73 Å². The Bertz CT molecular complexity index is 502. The standard InChI is InChI=1S/C15H15NO/c1-11(12-7-9-14(16)10-8-12)15(17)13-5-3-2-4-6-13/h2-11H,16H2,1H3. The molecule has 2 aromatic carbocycles. The summed E-state index contributed by atoms with van der Waals surface area (Å²) in [6, 6.07) is 16.8. The maximum Gasteiger partial charge on any atom is 0.170 e. The van der Waals surface area contributed by atoms with Gasteiger partial charge in [0.15, 0.2) is 5.78 Å². The average molecular weight is 225 g/mol. The molecule has 0 amide bonds. The molecule has 0 aliphatic heterocycles. The van der Waals surface area contributed by atoms with Gasteiger partial charge in [-0.3, -0.25) is 4.79 Å². The summed E-state index contributed by atoms with van der Waals surface area (Å²) in [5.74, 6) is -0.00614. The Morgan fingerprint density at radius 1 is 1.00 bits per heavy atom. The van der Waals surface area contributed by atoms with Crippen LogP contribution in [-0.4, -0.2) is 5.78 Å². The Morgan fingerprint density at radius 2 is 1.59 bits per heavy atom. The van der Waals surface area contributed by atoms with Crippen LogP contribution < -0.4 is 5.73 Å². The topological polar surface area (TPSA) is 43.1 Å². The second-order valence-corrected chi connectivity index (χ2v) is 4.12. The second kappa shape index (κ2) is 4.83. The van der Waals surface area contributed by atoms with Crippen LogP contribution in [0.4, 0.5) is 5.69 Å². The molecule has 17 heavy (non-hydrogen) atoms. The summed E-state index contributed by atoms with van der Waals surface area (Å²) in [6.45, 7) is 1.92. The Balaban J connectivity index is 2.23. The predicted molar refractivity (Wildman–Crippen MR) is 70.0 cm³/mol. The van der Waals surface area contributed by atoms with E-state index in [0.717, 1.165) is 11.1 Å². The van der Waals surface area contributed by atoms with Crippen LogP contribution in [0.3, 0.4) is 0 Å². The number of hydrogen-bond acceptors (Lipinski definition) is 2. The number of carbonyl (C=O) groups excluding carboxylic acids is 1. The smallest absolute Gasteiger partial charge is 0.170 e. The molecular weight excluding hydrogens is 210 g/mol. The third kappa shape index (κ3) is 2.53. The molecule has 0 saturated carbocycles. The highest BCUT2D eigenvalue weighted by molar-refractivity contribution is 6.00. The molecule has 2 aromatic rings. The van der Waals surface area contributed by atoms with Gasteiger partial charge < -0.3 is 5.73 Å². The van der Waals surface area contributed by atoms with Gasteiger partial charge in [0.2, 0.25) is 0 Å². The zero-order valence-electron chi connectivity index (χ0n) is 9.76. The molecule has 0 aliphatic carbocycles. The lowest BCUT2D eigenvalue weighted by Crippen LogP contribution is -2.09. The summed E-state index contributed by atoms with van der Waals surface area (Å²) in [5, 5.41) is 0. The van der Waals surface area contributed by atoms with Crippen molar-refractivity contribution in [3.8, 4) is 0 Å². The first-order valence-electron chi connectivity index (χ1n) is 5.63.